The standard InChI is InChI=1S/C18H28N6O6/c19-12(9-25)15(27)23-13(2-1-7-22-18(20)21)16(28)24-14(17(29)30)8-10-3-5-11(26)6-4-10/h3-6,12-14,25-26H,1-2,7-9,19H2,(H,23,27)(H,24,28)(H,29,30)(H4,20,21,22). The lowest BCUT2D eigenvalue weighted by Gasteiger charge is -2.22. The van der Waals surface area contributed by atoms with E-state index in [9.17, 15) is 24.6 Å². The summed E-state index contributed by atoms with van der Waals surface area (Å²) in [5, 5.41) is 32.6. The zero-order chi connectivity index (χ0) is 22.7. The number of rotatable bonds is 12. The van der Waals surface area contributed by atoms with Crippen molar-refractivity contribution in [3.8, 4) is 5.75 Å². The zero-order valence-electron chi connectivity index (χ0n) is 16.3. The third-order valence-electron chi connectivity index (χ3n) is 4.10. The molecule has 30 heavy (non-hydrogen) atoms. The van der Waals surface area contributed by atoms with E-state index in [0.717, 1.165) is 0 Å². The Kier molecular flexibility index (Phi) is 10.1. The second-order valence-electron chi connectivity index (χ2n) is 6.57. The molecular weight excluding hydrogens is 396 g/mol. The molecule has 0 heterocycles. The number of carboxylic acid groups (broad SMARTS) is 1. The number of hydrogen-bond acceptors (Lipinski definition) is 7. The number of carbonyl (C=O) groups is 3. The van der Waals surface area contributed by atoms with Crippen LogP contribution in [0.15, 0.2) is 29.3 Å². The Morgan fingerprint density at radius 1 is 1.03 bits per heavy atom. The average molecular weight is 424 g/mol. The predicted molar refractivity (Wildman–Crippen MR) is 108 cm³/mol. The number of benzene rings is 1. The molecule has 0 bridgehead atoms. The highest BCUT2D eigenvalue weighted by Gasteiger charge is 2.27. The van der Waals surface area contributed by atoms with Gasteiger partial charge in [0, 0.05) is 13.0 Å². The van der Waals surface area contributed by atoms with Gasteiger partial charge in [0.15, 0.2) is 5.96 Å². The van der Waals surface area contributed by atoms with Crippen LogP contribution in [-0.2, 0) is 20.8 Å². The number of nitrogens with zero attached hydrogens (tertiary/aromatic N) is 1. The SMILES string of the molecule is NC(N)=NCCCC(NC(=O)C(N)CO)C(=O)NC(Cc1ccc(O)cc1)C(=O)O. The van der Waals surface area contributed by atoms with Crippen LogP contribution in [0, 0.1) is 0 Å². The number of hydrogen-bond donors (Lipinski definition) is 8. The molecule has 0 aromatic heterocycles. The third kappa shape index (κ3) is 8.75. The molecule has 12 nitrogen and oxygen atoms in total. The number of nitrogens with one attached hydrogen (secondary N) is 2. The van der Waals surface area contributed by atoms with Crippen LogP contribution in [0.25, 0.3) is 0 Å². The monoisotopic (exact) mass is 424 g/mol. The van der Waals surface area contributed by atoms with Crippen molar-refractivity contribution in [2.75, 3.05) is 13.2 Å². The molecule has 0 aliphatic heterocycles. The Labute approximate surface area is 173 Å². The maximum atomic E-state index is 12.7. The number of aliphatic imine (C=N–C) groups is 1. The number of carbonyl (C=O) groups excluding carboxylic acids is 2. The number of guanidine groups is 1. The molecule has 0 spiro atoms. The highest BCUT2D eigenvalue weighted by Crippen LogP contribution is 2.12. The van der Waals surface area contributed by atoms with Crippen molar-refractivity contribution in [2.24, 2.45) is 22.2 Å². The first kappa shape index (κ1) is 24.7. The molecule has 3 atom stereocenters. The minimum Gasteiger partial charge on any atom is -0.508 e. The normalized spacial score (nSPS) is 13.5. The smallest absolute Gasteiger partial charge is 0.326 e. The summed E-state index contributed by atoms with van der Waals surface area (Å²) < 4.78 is 0. The molecule has 1 aromatic rings. The molecule has 0 saturated carbocycles. The number of aliphatic carboxylic acids is 1. The summed E-state index contributed by atoms with van der Waals surface area (Å²) in [7, 11) is 0. The molecule has 0 fully saturated rings. The molecule has 0 saturated heterocycles. The number of nitrogens with two attached hydrogens (primary N) is 3. The van der Waals surface area contributed by atoms with Crippen LogP contribution in [0.3, 0.4) is 0 Å². The molecule has 12 heteroatoms. The van der Waals surface area contributed by atoms with Gasteiger partial charge in [-0.05, 0) is 30.5 Å². The van der Waals surface area contributed by atoms with E-state index in [1.807, 2.05) is 0 Å². The number of carboxylic acids is 1. The zero-order valence-corrected chi connectivity index (χ0v) is 16.3. The summed E-state index contributed by atoms with van der Waals surface area (Å²) in [6.07, 6.45) is 0.393. The van der Waals surface area contributed by atoms with Gasteiger partial charge in [0.25, 0.3) is 0 Å². The van der Waals surface area contributed by atoms with E-state index in [0.29, 0.717) is 12.0 Å². The second kappa shape index (κ2) is 12.2. The Bertz CT molecular complexity index is 750. The van der Waals surface area contributed by atoms with E-state index >= 15 is 0 Å². The van der Waals surface area contributed by atoms with Gasteiger partial charge in [0.2, 0.25) is 11.8 Å². The molecule has 11 N–H and O–H groups in total. The van der Waals surface area contributed by atoms with Crippen molar-refractivity contribution >= 4 is 23.7 Å². The highest BCUT2D eigenvalue weighted by atomic mass is 16.4. The minimum atomic E-state index is -1.27. The fourth-order valence-corrected chi connectivity index (χ4v) is 2.47. The number of aliphatic hydroxyl groups excluding tert-OH is 1. The summed E-state index contributed by atoms with van der Waals surface area (Å²) in [6.45, 7) is -0.420. The van der Waals surface area contributed by atoms with Crippen LogP contribution in [-0.4, -0.2) is 70.3 Å². The average Bonchev–Trinajstić information content (AvgIpc) is 2.70. The lowest BCUT2D eigenvalue weighted by atomic mass is 10.0. The fourth-order valence-electron chi connectivity index (χ4n) is 2.47. The molecule has 0 radical (unpaired) electrons. The van der Waals surface area contributed by atoms with E-state index in [1.165, 1.54) is 24.3 Å². The fraction of sp³-hybridized carbons (Fsp3) is 0.444. The van der Waals surface area contributed by atoms with E-state index < -0.39 is 42.5 Å². The summed E-state index contributed by atoms with van der Waals surface area (Å²) in [6, 6.07) is 2.26. The Morgan fingerprint density at radius 3 is 2.17 bits per heavy atom. The quantitative estimate of drug-likeness (QED) is 0.0995. The van der Waals surface area contributed by atoms with Crippen LogP contribution < -0.4 is 27.8 Å². The summed E-state index contributed by atoms with van der Waals surface area (Å²) >= 11 is 0. The predicted octanol–water partition coefficient (Wildman–Crippen LogP) is -2.64. The van der Waals surface area contributed by atoms with Gasteiger partial charge in [-0.15, -0.1) is 0 Å². The molecule has 0 aliphatic carbocycles. The number of phenols is 1. The van der Waals surface area contributed by atoms with E-state index in [1.54, 1.807) is 0 Å². The topological polar surface area (TPSA) is 226 Å². The summed E-state index contributed by atoms with van der Waals surface area (Å²) in [4.78, 5) is 40.0. The Balaban J connectivity index is 2.86. The molecule has 1 aromatic carbocycles. The van der Waals surface area contributed by atoms with Crippen molar-refractivity contribution in [1.29, 1.82) is 0 Å². The first-order valence-electron chi connectivity index (χ1n) is 9.17. The summed E-state index contributed by atoms with van der Waals surface area (Å²) in [5.74, 6) is -2.86. The van der Waals surface area contributed by atoms with Crippen LogP contribution >= 0.6 is 0 Å². The van der Waals surface area contributed by atoms with Gasteiger partial charge < -0.3 is 43.2 Å². The largest absolute Gasteiger partial charge is 0.508 e. The van der Waals surface area contributed by atoms with Crippen LogP contribution in [0.5, 0.6) is 5.75 Å². The number of aliphatic hydroxyl groups is 1. The summed E-state index contributed by atoms with van der Waals surface area (Å²) in [5.41, 5.74) is 16.5. The van der Waals surface area contributed by atoms with E-state index in [-0.39, 0.29) is 31.1 Å². The number of amides is 2. The molecule has 0 aliphatic rings. The lowest BCUT2D eigenvalue weighted by molar-refractivity contribution is -0.142. The maximum absolute atomic E-state index is 12.7. The van der Waals surface area contributed by atoms with Crippen molar-refractivity contribution in [1.82, 2.24) is 10.6 Å². The van der Waals surface area contributed by atoms with Crippen LogP contribution in [0.1, 0.15) is 18.4 Å². The van der Waals surface area contributed by atoms with Gasteiger partial charge in [0.05, 0.1) is 6.61 Å². The van der Waals surface area contributed by atoms with Crippen LogP contribution in [0.2, 0.25) is 0 Å². The van der Waals surface area contributed by atoms with Crippen molar-refractivity contribution in [3.05, 3.63) is 29.8 Å². The molecular formula is C18H28N6O6. The van der Waals surface area contributed by atoms with Gasteiger partial charge in [-0.2, -0.15) is 0 Å². The molecule has 3 unspecified atom stereocenters. The van der Waals surface area contributed by atoms with Crippen molar-refractivity contribution in [3.63, 3.8) is 0 Å². The highest BCUT2D eigenvalue weighted by molar-refractivity contribution is 5.91. The van der Waals surface area contributed by atoms with Gasteiger partial charge >= 0.3 is 5.97 Å². The Morgan fingerprint density at radius 2 is 1.63 bits per heavy atom. The van der Waals surface area contributed by atoms with Crippen molar-refractivity contribution < 1.29 is 29.7 Å². The second-order valence-corrected chi connectivity index (χ2v) is 6.57. The number of phenolic OH excluding ortho intramolecular Hbond substituents is 1. The first-order valence-corrected chi connectivity index (χ1v) is 9.17. The lowest BCUT2D eigenvalue weighted by Crippen LogP contribution is -2.55. The van der Waals surface area contributed by atoms with Crippen molar-refractivity contribution in [2.45, 2.75) is 37.4 Å². The molecule has 2 amide bonds. The van der Waals surface area contributed by atoms with Crippen LogP contribution in [0.4, 0.5) is 0 Å². The first-order chi connectivity index (χ1) is 14.1. The minimum absolute atomic E-state index is 0.0263. The van der Waals surface area contributed by atoms with Gasteiger partial charge in [0.1, 0.15) is 23.9 Å². The van der Waals surface area contributed by atoms with Gasteiger partial charge in [-0.25, -0.2) is 4.79 Å². The Hall–Kier alpha value is -3.38. The molecule has 166 valence electrons. The third-order valence-corrected chi connectivity index (χ3v) is 4.10. The molecule has 1 rings (SSSR count). The van der Waals surface area contributed by atoms with Gasteiger partial charge in [-0.3, -0.25) is 14.6 Å². The van der Waals surface area contributed by atoms with E-state index in [4.69, 9.17) is 22.3 Å². The van der Waals surface area contributed by atoms with Gasteiger partial charge in [-0.1, -0.05) is 12.1 Å². The maximum Gasteiger partial charge on any atom is 0.326 e. The van der Waals surface area contributed by atoms with E-state index in [2.05, 4.69) is 15.6 Å². The number of aromatic hydroxyl groups is 1.